The summed E-state index contributed by atoms with van der Waals surface area (Å²) in [6, 6.07) is 0. The molecule has 1 rings (SSSR count). The van der Waals surface area contributed by atoms with Crippen molar-refractivity contribution in [2.45, 2.75) is 82.8 Å². The predicted octanol–water partition coefficient (Wildman–Crippen LogP) is 2.16. The topological polar surface area (TPSA) is 87.0 Å². The molecule has 0 aromatic carbocycles. The Morgan fingerprint density at radius 2 is 1.59 bits per heavy atom. The van der Waals surface area contributed by atoms with E-state index >= 15 is 0 Å². The monoisotopic (exact) mass is 316 g/mol. The molecule has 130 valence electrons. The molecule has 0 amide bonds. The van der Waals surface area contributed by atoms with E-state index in [-0.39, 0.29) is 24.6 Å². The Morgan fingerprint density at radius 1 is 1.00 bits per heavy atom. The van der Waals surface area contributed by atoms with E-state index in [0.29, 0.717) is 19.4 Å². The van der Waals surface area contributed by atoms with Gasteiger partial charge in [0.2, 0.25) is 0 Å². The summed E-state index contributed by atoms with van der Waals surface area (Å²) in [6.07, 6.45) is 10.2. The molecule has 1 fully saturated rings. The fraction of sp³-hybridized carbons (Fsp3) is 0.941. The highest BCUT2D eigenvalue weighted by molar-refractivity contribution is 5.74. The van der Waals surface area contributed by atoms with Crippen LogP contribution in [0.2, 0.25) is 0 Å². The van der Waals surface area contributed by atoms with Crippen molar-refractivity contribution in [3.05, 3.63) is 0 Å². The lowest BCUT2D eigenvalue weighted by molar-refractivity contribution is -0.145. The van der Waals surface area contributed by atoms with Gasteiger partial charge in [0.1, 0.15) is 6.10 Å². The van der Waals surface area contributed by atoms with Gasteiger partial charge < -0.3 is 20.1 Å². The van der Waals surface area contributed by atoms with Crippen molar-refractivity contribution in [2.75, 3.05) is 13.2 Å². The number of cyclic esters (lactones) is 1. The molecular weight excluding hydrogens is 284 g/mol. The zero-order valence-electron chi connectivity index (χ0n) is 13.6. The number of unbranched alkanes of at least 4 members (excludes halogenated alkanes) is 7. The quantitative estimate of drug-likeness (QED) is 0.358. The Labute approximate surface area is 133 Å². The first kappa shape index (κ1) is 19.4. The molecule has 0 saturated carbocycles. The van der Waals surface area contributed by atoms with E-state index < -0.39 is 6.10 Å². The van der Waals surface area contributed by atoms with Gasteiger partial charge in [-0.15, -0.1) is 0 Å². The van der Waals surface area contributed by atoms with Crippen molar-refractivity contribution in [3.8, 4) is 0 Å². The molecule has 0 aromatic rings. The molecule has 1 aliphatic heterocycles. The van der Waals surface area contributed by atoms with Crippen LogP contribution in [0, 0.1) is 5.92 Å². The number of aliphatic hydroxyl groups excluding tert-OH is 3. The molecule has 0 radical (unpaired) electrons. The third-order valence-electron chi connectivity index (χ3n) is 4.37. The van der Waals surface area contributed by atoms with Gasteiger partial charge in [0.05, 0.1) is 18.6 Å². The summed E-state index contributed by atoms with van der Waals surface area (Å²) in [5.41, 5.74) is 0. The zero-order chi connectivity index (χ0) is 16.2. The number of aliphatic hydroxyl groups is 3. The van der Waals surface area contributed by atoms with Gasteiger partial charge in [-0.1, -0.05) is 38.5 Å². The SMILES string of the molecule is O=C1O[C@H](CCCCCCCCCCO)C[C@@H]1C[C@@H](O)CO. The fourth-order valence-corrected chi connectivity index (χ4v) is 3.04. The smallest absolute Gasteiger partial charge is 0.309 e. The Hall–Kier alpha value is -0.650. The van der Waals surface area contributed by atoms with Crippen LogP contribution in [0.3, 0.4) is 0 Å². The molecule has 5 nitrogen and oxygen atoms in total. The van der Waals surface area contributed by atoms with Crippen LogP contribution < -0.4 is 0 Å². The molecule has 0 aliphatic carbocycles. The Bertz CT molecular complexity index is 295. The van der Waals surface area contributed by atoms with Crippen molar-refractivity contribution in [1.82, 2.24) is 0 Å². The van der Waals surface area contributed by atoms with Crippen LogP contribution in [-0.2, 0) is 9.53 Å². The van der Waals surface area contributed by atoms with Crippen LogP contribution in [-0.4, -0.2) is 46.7 Å². The van der Waals surface area contributed by atoms with E-state index in [1.807, 2.05) is 0 Å². The number of esters is 1. The first-order valence-corrected chi connectivity index (χ1v) is 8.77. The number of rotatable bonds is 13. The van der Waals surface area contributed by atoms with E-state index in [2.05, 4.69) is 0 Å². The van der Waals surface area contributed by atoms with Gasteiger partial charge >= 0.3 is 5.97 Å². The van der Waals surface area contributed by atoms with E-state index in [0.717, 1.165) is 32.1 Å². The molecule has 3 N–H and O–H groups in total. The molecule has 5 heteroatoms. The molecule has 1 heterocycles. The number of carbonyl (C=O) groups is 1. The largest absolute Gasteiger partial charge is 0.462 e. The van der Waals surface area contributed by atoms with Gasteiger partial charge in [-0.3, -0.25) is 4.79 Å². The highest BCUT2D eigenvalue weighted by Gasteiger charge is 2.34. The van der Waals surface area contributed by atoms with Crippen LogP contribution >= 0.6 is 0 Å². The summed E-state index contributed by atoms with van der Waals surface area (Å²) >= 11 is 0. The number of carbonyl (C=O) groups excluding carboxylic acids is 1. The molecule has 0 spiro atoms. The maximum atomic E-state index is 11.7. The summed E-state index contributed by atoms with van der Waals surface area (Å²) in [4.78, 5) is 11.7. The second-order valence-corrected chi connectivity index (χ2v) is 6.40. The van der Waals surface area contributed by atoms with E-state index in [1.54, 1.807) is 0 Å². The Balaban J connectivity index is 1.98. The van der Waals surface area contributed by atoms with Gasteiger partial charge in [-0.25, -0.2) is 0 Å². The predicted molar refractivity (Wildman–Crippen MR) is 84.3 cm³/mol. The number of hydrogen-bond donors (Lipinski definition) is 3. The fourth-order valence-electron chi connectivity index (χ4n) is 3.04. The second-order valence-electron chi connectivity index (χ2n) is 6.40. The van der Waals surface area contributed by atoms with Crippen molar-refractivity contribution in [1.29, 1.82) is 0 Å². The summed E-state index contributed by atoms with van der Waals surface area (Å²) < 4.78 is 5.34. The number of ether oxygens (including phenoxy) is 1. The lowest BCUT2D eigenvalue weighted by Crippen LogP contribution is -2.20. The van der Waals surface area contributed by atoms with Gasteiger partial charge in [0.15, 0.2) is 0 Å². The summed E-state index contributed by atoms with van der Waals surface area (Å²) in [5.74, 6) is -0.472. The minimum Gasteiger partial charge on any atom is -0.462 e. The molecule has 3 atom stereocenters. The summed E-state index contributed by atoms with van der Waals surface area (Å²) in [6.45, 7) is 0.00316. The standard InChI is InChI=1S/C17H32O5/c18-10-8-6-4-2-1-3-5-7-9-16-12-14(17(21)22-16)11-15(20)13-19/h14-16,18-20H,1-13H2/t14-,15+,16+/m0/s1. The minimum atomic E-state index is -0.817. The molecule has 22 heavy (non-hydrogen) atoms. The third-order valence-corrected chi connectivity index (χ3v) is 4.37. The van der Waals surface area contributed by atoms with Gasteiger partial charge in [0.25, 0.3) is 0 Å². The van der Waals surface area contributed by atoms with Crippen LogP contribution in [0.5, 0.6) is 0 Å². The highest BCUT2D eigenvalue weighted by atomic mass is 16.5. The average Bonchev–Trinajstić information content (AvgIpc) is 2.85. The maximum Gasteiger partial charge on any atom is 0.309 e. The van der Waals surface area contributed by atoms with E-state index in [1.165, 1.54) is 25.7 Å². The highest BCUT2D eigenvalue weighted by Crippen LogP contribution is 2.28. The zero-order valence-corrected chi connectivity index (χ0v) is 13.6. The molecule has 1 saturated heterocycles. The lowest BCUT2D eigenvalue weighted by Gasteiger charge is -2.10. The Morgan fingerprint density at radius 3 is 2.18 bits per heavy atom. The second kappa shape index (κ2) is 11.9. The van der Waals surface area contributed by atoms with E-state index in [9.17, 15) is 9.90 Å². The third kappa shape index (κ3) is 8.11. The molecule has 0 bridgehead atoms. The molecule has 0 unspecified atom stereocenters. The van der Waals surface area contributed by atoms with Crippen LogP contribution in [0.15, 0.2) is 0 Å². The maximum absolute atomic E-state index is 11.7. The van der Waals surface area contributed by atoms with Crippen molar-refractivity contribution >= 4 is 5.97 Å². The lowest BCUT2D eigenvalue weighted by atomic mass is 9.96. The van der Waals surface area contributed by atoms with Gasteiger partial charge in [-0.2, -0.15) is 0 Å². The summed E-state index contributed by atoms with van der Waals surface area (Å²) in [7, 11) is 0. The van der Waals surface area contributed by atoms with Crippen LogP contribution in [0.1, 0.15) is 70.6 Å². The molecular formula is C17H32O5. The van der Waals surface area contributed by atoms with Crippen LogP contribution in [0.25, 0.3) is 0 Å². The van der Waals surface area contributed by atoms with Crippen LogP contribution in [0.4, 0.5) is 0 Å². The van der Waals surface area contributed by atoms with Crippen molar-refractivity contribution in [3.63, 3.8) is 0 Å². The first-order valence-electron chi connectivity index (χ1n) is 8.77. The average molecular weight is 316 g/mol. The van der Waals surface area contributed by atoms with E-state index in [4.69, 9.17) is 14.9 Å². The minimum absolute atomic E-state index is 0.00653. The van der Waals surface area contributed by atoms with Crippen molar-refractivity contribution < 1.29 is 24.9 Å². The van der Waals surface area contributed by atoms with Crippen molar-refractivity contribution in [2.24, 2.45) is 5.92 Å². The summed E-state index contributed by atoms with van der Waals surface area (Å²) in [5, 5.41) is 26.9. The first-order chi connectivity index (χ1) is 10.7. The van der Waals surface area contributed by atoms with Gasteiger partial charge in [0, 0.05) is 6.61 Å². The normalized spacial score (nSPS) is 22.8. The Kier molecular flexibility index (Phi) is 10.5. The van der Waals surface area contributed by atoms with Gasteiger partial charge in [-0.05, 0) is 32.1 Å². The number of hydrogen-bond acceptors (Lipinski definition) is 5. The molecule has 0 aromatic heterocycles. The molecule has 1 aliphatic rings.